The fraction of sp³-hybridized carbons (Fsp3) is 0.286. The van der Waals surface area contributed by atoms with Crippen molar-refractivity contribution in [3.63, 3.8) is 0 Å². The third-order valence-corrected chi connectivity index (χ3v) is 7.01. The number of ether oxygens (including phenoxy) is 1. The molecule has 1 saturated carbocycles. The normalized spacial score (nSPS) is 14.4. The van der Waals surface area contributed by atoms with Gasteiger partial charge in [-0.25, -0.2) is 14.5 Å². The molecule has 1 aliphatic rings. The van der Waals surface area contributed by atoms with E-state index in [0.29, 0.717) is 33.1 Å². The molecule has 1 aliphatic carbocycles. The summed E-state index contributed by atoms with van der Waals surface area (Å²) in [5.41, 5.74) is 0.438. The van der Waals surface area contributed by atoms with Gasteiger partial charge in [0.2, 0.25) is 0 Å². The number of carboxylic acids is 1. The van der Waals surface area contributed by atoms with Gasteiger partial charge < -0.3 is 9.84 Å². The van der Waals surface area contributed by atoms with E-state index in [2.05, 4.69) is 27.2 Å². The average Bonchev–Trinajstić information content (AvgIpc) is 3.40. The zero-order valence-electron chi connectivity index (χ0n) is 20.7. The van der Waals surface area contributed by atoms with E-state index in [1.807, 2.05) is 12.1 Å². The Morgan fingerprint density at radius 2 is 1.79 bits per heavy atom. The van der Waals surface area contributed by atoms with Gasteiger partial charge in [0.1, 0.15) is 17.9 Å². The highest BCUT2D eigenvalue weighted by molar-refractivity contribution is 6.31. The van der Waals surface area contributed by atoms with Gasteiger partial charge in [0.15, 0.2) is 11.5 Å². The number of carboxylic acid groups (broad SMARTS) is 1. The number of hydrogen-bond acceptors (Lipinski definition) is 5. The summed E-state index contributed by atoms with van der Waals surface area (Å²) in [6.45, 7) is 0.256. The van der Waals surface area contributed by atoms with Crippen LogP contribution < -0.4 is 4.74 Å². The molecular formula is C28H24ClF3N4O3. The van der Waals surface area contributed by atoms with Crippen molar-refractivity contribution in [3.8, 4) is 22.8 Å². The first-order chi connectivity index (χ1) is 18.7. The van der Waals surface area contributed by atoms with Crippen LogP contribution in [0.1, 0.15) is 65.2 Å². The fourth-order valence-corrected chi connectivity index (χ4v) is 5.02. The lowest BCUT2D eigenvalue weighted by Crippen LogP contribution is -2.18. The summed E-state index contributed by atoms with van der Waals surface area (Å²) in [6, 6.07) is 13.2. The standard InChI is InChI=1S/C28H24ClF3N4O3/c29-20-10-11-24(39-16-17-6-8-19(9-7-17)18-4-2-1-3-5-18)21(12-20)23-14-33-15-25(35-23)36-26(28(30,31)32)22(13-34-36)27(37)38/h6-15,18H,1-5,16H2,(H,37,38). The number of carbonyl (C=O) groups is 1. The molecule has 2 heterocycles. The number of halogens is 4. The molecule has 0 amide bonds. The predicted molar refractivity (Wildman–Crippen MR) is 138 cm³/mol. The number of rotatable bonds is 7. The fourth-order valence-electron chi connectivity index (χ4n) is 4.85. The van der Waals surface area contributed by atoms with Crippen molar-refractivity contribution in [1.29, 1.82) is 0 Å². The molecule has 39 heavy (non-hydrogen) atoms. The molecule has 2 aromatic heterocycles. The van der Waals surface area contributed by atoms with E-state index < -0.39 is 23.4 Å². The van der Waals surface area contributed by atoms with Crippen LogP contribution in [0.3, 0.4) is 0 Å². The van der Waals surface area contributed by atoms with Crippen molar-refractivity contribution in [1.82, 2.24) is 19.7 Å². The molecule has 7 nitrogen and oxygen atoms in total. The van der Waals surface area contributed by atoms with Gasteiger partial charge in [-0.3, -0.25) is 4.98 Å². The number of aromatic nitrogens is 4. The minimum absolute atomic E-state index is 0.179. The largest absolute Gasteiger partial charge is 0.488 e. The molecule has 0 saturated heterocycles. The Bertz CT molecular complexity index is 1480. The third-order valence-electron chi connectivity index (χ3n) is 6.78. The van der Waals surface area contributed by atoms with E-state index in [1.165, 1.54) is 43.9 Å². The number of nitrogens with zero attached hydrogens (tertiary/aromatic N) is 4. The van der Waals surface area contributed by atoms with Gasteiger partial charge in [-0.15, -0.1) is 0 Å². The minimum Gasteiger partial charge on any atom is -0.488 e. The van der Waals surface area contributed by atoms with Gasteiger partial charge in [0.05, 0.1) is 24.3 Å². The highest BCUT2D eigenvalue weighted by Crippen LogP contribution is 2.36. The van der Waals surface area contributed by atoms with Crippen LogP contribution in [0.5, 0.6) is 5.75 Å². The van der Waals surface area contributed by atoms with Gasteiger partial charge in [-0.1, -0.05) is 55.1 Å². The lowest BCUT2D eigenvalue weighted by Gasteiger charge is -2.22. The molecule has 0 spiro atoms. The molecule has 2 aromatic carbocycles. The van der Waals surface area contributed by atoms with Crippen LogP contribution in [0.2, 0.25) is 5.02 Å². The number of hydrogen-bond donors (Lipinski definition) is 1. The smallest absolute Gasteiger partial charge is 0.434 e. The molecule has 0 bridgehead atoms. The first kappa shape index (κ1) is 26.7. The first-order valence-electron chi connectivity index (χ1n) is 12.4. The highest BCUT2D eigenvalue weighted by atomic mass is 35.5. The SMILES string of the molecule is O=C(O)c1cnn(-c2cncc(-c3cc(Cl)ccc3OCc3ccc(C4CCCCC4)cc3)n2)c1C(F)(F)F. The zero-order valence-corrected chi connectivity index (χ0v) is 21.4. The molecule has 1 N–H and O–H groups in total. The molecule has 0 radical (unpaired) electrons. The Morgan fingerprint density at radius 3 is 2.49 bits per heavy atom. The van der Waals surface area contributed by atoms with E-state index in [9.17, 15) is 23.1 Å². The van der Waals surface area contributed by atoms with Crippen LogP contribution in [0.4, 0.5) is 13.2 Å². The Labute approximate surface area is 227 Å². The van der Waals surface area contributed by atoms with Crippen molar-refractivity contribution >= 4 is 17.6 Å². The topological polar surface area (TPSA) is 90.1 Å². The first-order valence-corrected chi connectivity index (χ1v) is 12.8. The summed E-state index contributed by atoms with van der Waals surface area (Å²) in [4.78, 5) is 19.7. The third kappa shape index (κ3) is 5.90. The minimum atomic E-state index is -4.99. The second-order valence-corrected chi connectivity index (χ2v) is 9.83. The van der Waals surface area contributed by atoms with Crippen LogP contribution in [-0.4, -0.2) is 30.8 Å². The maximum Gasteiger partial charge on any atom is 0.434 e. The van der Waals surface area contributed by atoms with E-state index in [0.717, 1.165) is 11.8 Å². The van der Waals surface area contributed by atoms with Gasteiger partial charge in [-0.05, 0) is 48.1 Å². The molecule has 0 atom stereocenters. The predicted octanol–water partition coefficient (Wildman–Crippen LogP) is 7.33. The molecule has 0 unspecified atom stereocenters. The van der Waals surface area contributed by atoms with Crippen molar-refractivity contribution < 1.29 is 27.8 Å². The Morgan fingerprint density at radius 1 is 1.05 bits per heavy atom. The summed E-state index contributed by atoms with van der Waals surface area (Å²) in [6.07, 6.45) is 4.32. The molecule has 5 rings (SSSR count). The molecular weight excluding hydrogens is 533 g/mol. The van der Waals surface area contributed by atoms with E-state index in [-0.39, 0.29) is 18.1 Å². The van der Waals surface area contributed by atoms with Crippen LogP contribution in [0, 0.1) is 0 Å². The van der Waals surface area contributed by atoms with Crippen molar-refractivity contribution in [2.75, 3.05) is 0 Å². The van der Waals surface area contributed by atoms with E-state index >= 15 is 0 Å². The Hall–Kier alpha value is -3.92. The average molecular weight is 557 g/mol. The lowest BCUT2D eigenvalue weighted by atomic mass is 9.84. The van der Waals surface area contributed by atoms with Crippen LogP contribution in [0.15, 0.2) is 61.1 Å². The van der Waals surface area contributed by atoms with Crippen LogP contribution in [0.25, 0.3) is 17.1 Å². The maximum absolute atomic E-state index is 13.7. The number of alkyl halides is 3. The number of benzene rings is 2. The molecule has 1 fully saturated rings. The van der Waals surface area contributed by atoms with Crippen LogP contribution >= 0.6 is 11.6 Å². The summed E-state index contributed by atoms with van der Waals surface area (Å²) in [7, 11) is 0. The van der Waals surface area contributed by atoms with Crippen molar-refractivity contribution in [2.24, 2.45) is 0 Å². The van der Waals surface area contributed by atoms with Crippen molar-refractivity contribution in [3.05, 3.63) is 88.5 Å². The van der Waals surface area contributed by atoms with Gasteiger partial charge >= 0.3 is 12.1 Å². The molecule has 202 valence electrons. The van der Waals surface area contributed by atoms with Gasteiger partial charge in [0.25, 0.3) is 0 Å². The Balaban J connectivity index is 1.41. The molecule has 4 aromatic rings. The Kier molecular flexibility index (Phi) is 7.56. The van der Waals surface area contributed by atoms with Gasteiger partial charge in [0, 0.05) is 10.6 Å². The summed E-state index contributed by atoms with van der Waals surface area (Å²) in [5, 5.41) is 13.2. The zero-order chi connectivity index (χ0) is 27.6. The summed E-state index contributed by atoms with van der Waals surface area (Å²) >= 11 is 6.22. The summed E-state index contributed by atoms with van der Waals surface area (Å²) in [5.74, 6) is -1.06. The molecule has 0 aliphatic heterocycles. The van der Waals surface area contributed by atoms with Gasteiger partial charge in [-0.2, -0.15) is 18.3 Å². The second-order valence-electron chi connectivity index (χ2n) is 9.39. The highest BCUT2D eigenvalue weighted by Gasteiger charge is 2.41. The quantitative estimate of drug-likeness (QED) is 0.256. The lowest BCUT2D eigenvalue weighted by molar-refractivity contribution is -0.143. The number of aromatic carboxylic acids is 1. The second kappa shape index (κ2) is 11.1. The van der Waals surface area contributed by atoms with E-state index in [1.54, 1.807) is 18.2 Å². The van der Waals surface area contributed by atoms with E-state index in [4.69, 9.17) is 16.3 Å². The maximum atomic E-state index is 13.7. The van der Waals surface area contributed by atoms with Crippen molar-refractivity contribution in [2.45, 2.75) is 50.8 Å². The van der Waals surface area contributed by atoms with Crippen LogP contribution in [-0.2, 0) is 12.8 Å². The summed E-state index contributed by atoms with van der Waals surface area (Å²) < 4.78 is 47.6. The monoisotopic (exact) mass is 556 g/mol. The molecule has 11 heteroatoms.